The van der Waals surface area contributed by atoms with E-state index in [1.807, 2.05) is 0 Å². The second kappa shape index (κ2) is 8.83. The molecule has 168 valence electrons. The van der Waals surface area contributed by atoms with Gasteiger partial charge < -0.3 is 8.92 Å². The van der Waals surface area contributed by atoms with Crippen molar-refractivity contribution >= 4 is 16.1 Å². The number of hydrogen-bond donors (Lipinski definition) is 0. The zero-order valence-electron chi connectivity index (χ0n) is 18.0. The van der Waals surface area contributed by atoms with Gasteiger partial charge in [-0.2, -0.15) is 8.42 Å². The first kappa shape index (κ1) is 23.0. The average Bonchev–Trinajstić information content (AvgIpc) is 2.75. The van der Waals surface area contributed by atoms with E-state index in [2.05, 4.69) is 0 Å². The zero-order valence-corrected chi connectivity index (χ0v) is 18.8. The highest BCUT2D eigenvalue weighted by molar-refractivity contribution is 7.87. The van der Waals surface area contributed by atoms with E-state index >= 15 is 0 Å². The molecule has 0 amide bonds. The van der Waals surface area contributed by atoms with Gasteiger partial charge >= 0.3 is 21.8 Å². The number of carbonyl (C=O) groups is 1. The molecule has 3 aromatic rings. The van der Waals surface area contributed by atoms with E-state index in [-0.39, 0.29) is 28.5 Å². The van der Waals surface area contributed by atoms with Crippen LogP contribution in [0.4, 0.5) is 0 Å². The van der Waals surface area contributed by atoms with Gasteiger partial charge in [-0.1, -0.05) is 12.1 Å². The van der Waals surface area contributed by atoms with Crippen molar-refractivity contribution in [2.45, 2.75) is 25.3 Å². The fourth-order valence-electron chi connectivity index (χ4n) is 2.93. The summed E-state index contributed by atoms with van der Waals surface area (Å²) in [4.78, 5) is 36.1. The summed E-state index contributed by atoms with van der Waals surface area (Å²) in [6.45, 7) is 3.18. The first-order valence-corrected chi connectivity index (χ1v) is 11.0. The van der Waals surface area contributed by atoms with Gasteiger partial charge in [-0.15, -0.1) is 0 Å². The molecule has 2 aromatic carbocycles. The third kappa shape index (κ3) is 4.80. The minimum absolute atomic E-state index is 0.0383. The summed E-state index contributed by atoms with van der Waals surface area (Å²) in [5, 5.41) is 0. The van der Waals surface area contributed by atoms with Gasteiger partial charge in [0.05, 0.1) is 11.3 Å². The second-order valence-electron chi connectivity index (χ2n) is 7.28. The number of esters is 1. The van der Waals surface area contributed by atoms with Crippen molar-refractivity contribution in [3.05, 3.63) is 91.8 Å². The Hall–Kier alpha value is -3.66. The van der Waals surface area contributed by atoms with Crippen LogP contribution in [0.2, 0.25) is 0 Å². The molecule has 10 heteroatoms. The highest BCUT2D eigenvalue weighted by Gasteiger charge is 2.20. The highest BCUT2D eigenvalue weighted by Crippen LogP contribution is 2.23. The van der Waals surface area contributed by atoms with E-state index in [4.69, 9.17) is 8.92 Å². The molecule has 0 aliphatic rings. The fourth-order valence-corrected chi connectivity index (χ4v) is 4.18. The second-order valence-corrected chi connectivity index (χ2v) is 8.80. The highest BCUT2D eigenvalue weighted by atomic mass is 32.2. The maximum Gasteiger partial charge on any atom is 0.339 e. The number of benzene rings is 2. The monoisotopic (exact) mass is 458 g/mol. The number of carbonyl (C=O) groups excluding carboxylic acids is 1. The zero-order chi connectivity index (χ0) is 23.6. The van der Waals surface area contributed by atoms with E-state index in [0.717, 1.165) is 10.1 Å². The molecule has 0 saturated heterocycles. The number of rotatable bonds is 6. The molecule has 0 atom stereocenters. The molecular formula is C22H22N2O7S. The van der Waals surface area contributed by atoms with Crippen LogP contribution in [-0.2, 0) is 35.6 Å². The third-order valence-corrected chi connectivity index (χ3v) is 6.28. The van der Waals surface area contributed by atoms with Gasteiger partial charge in [0.25, 0.3) is 5.56 Å². The van der Waals surface area contributed by atoms with Gasteiger partial charge in [-0.25, -0.2) is 9.59 Å². The number of ether oxygens (including phenoxy) is 1. The van der Waals surface area contributed by atoms with Gasteiger partial charge in [0.1, 0.15) is 17.3 Å². The van der Waals surface area contributed by atoms with Gasteiger partial charge in [-0.3, -0.25) is 13.9 Å². The Morgan fingerprint density at radius 1 is 0.938 bits per heavy atom. The topological polar surface area (TPSA) is 114 Å². The van der Waals surface area contributed by atoms with E-state index in [1.54, 1.807) is 26.0 Å². The van der Waals surface area contributed by atoms with Crippen molar-refractivity contribution in [3.63, 3.8) is 0 Å². The molecule has 0 aliphatic carbocycles. The SMILES string of the molecule is Cc1ccc(C)c(S(=O)(=O)Oc2ccc(C(=O)OCc3cc(=O)n(C)c(=O)n3C)cc2)c1. The Morgan fingerprint density at radius 3 is 2.25 bits per heavy atom. The van der Waals surface area contributed by atoms with Crippen molar-refractivity contribution in [2.24, 2.45) is 14.1 Å². The molecule has 0 bridgehead atoms. The average molecular weight is 458 g/mol. The first-order valence-electron chi connectivity index (χ1n) is 9.54. The van der Waals surface area contributed by atoms with Crippen molar-refractivity contribution in [1.29, 1.82) is 0 Å². The summed E-state index contributed by atoms with van der Waals surface area (Å²) in [7, 11) is -1.22. The van der Waals surface area contributed by atoms with E-state index in [0.29, 0.717) is 5.56 Å². The Kier molecular flexibility index (Phi) is 6.35. The maximum absolute atomic E-state index is 12.6. The minimum atomic E-state index is -4.04. The standard InChI is InChI=1S/C22H22N2O7S/c1-14-5-6-15(2)19(11-14)32(28,29)31-18-9-7-16(8-10-18)21(26)30-13-17-12-20(25)24(4)22(27)23(17)3/h5-12H,13H2,1-4H3. The predicted octanol–water partition coefficient (Wildman–Crippen LogP) is 1.83. The Bertz CT molecular complexity index is 1400. The van der Waals surface area contributed by atoms with Crippen molar-refractivity contribution in [3.8, 4) is 5.75 Å². The molecule has 0 saturated carbocycles. The number of nitrogens with zero attached hydrogens (tertiary/aromatic N) is 2. The van der Waals surface area contributed by atoms with Gasteiger partial charge in [0.15, 0.2) is 0 Å². The van der Waals surface area contributed by atoms with Crippen LogP contribution in [0.5, 0.6) is 5.75 Å². The van der Waals surface area contributed by atoms with Crippen LogP contribution in [0.25, 0.3) is 0 Å². The normalized spacial score (nSPS) is 11.2. The molecule has 0 radical (unpaired) electrons. The lowest BCUT2D eigenvalue weighted by molar-refractivity contribution is 0.0462. The number of hydrogen-bond acceptors (Lipinski definition) is 7. The van der Waals surface area contributed by atoms with Crippen LogP contribution in [0.15, 0.2) is 63.0 Å². The lowest BCUT2D eigenvalue weighted by Gasteiger charge is -2.11. The molecular weight excluding hydrogens is 436 g/mol. The fraction of sp³-hybridized carbons (Fsp3) is 0.227. The summed E-state index contributed by atoms with van der Waals surface area (Å²) >= 11 is 0. The minimum Gasteiger partial charge on any atom is -0.456 e. The Balaban J connectivity index is 1.72. The third-order valence-electron chi connectivity index (χ3n) is 4.89. The number of aromatic nitrogens is 2. The molecule has 0 spiro atoms. The van der Waals surface area contributed by atoms with Crippen molar-refractivity contribution in [2.75, 3.05) is 0 Å². The van der Waals surface area contributed by atoms with Crippen LogP contribution in [-0.4, -0.2) is 23.5 Å². The van der Waals surface area contributed by atoms with Crippen molar-refractivity contribution < 1.29 is 22.1 Å². The van der Waals surface area contributed by atoms with Crippen LogP contribution in [0.1, 0.15) is 27.2 Å². The molecule has 32 heavy (non-hydrogen) atoms. The summed E-state index contributed by atoms with van der Waals surface area (Å²) in [5.74, 6) is -0.668. The largest absolute Gasteiger partial charge is 0.456 e. The Morgan fingerprint density at radius 2 is 1.59 bits per heavy atom. The van der Waals surface area contributed by atoms with Gasteiger partial charge in [0.2, 0.25) is 0 Å². The molecule has 1 heterocycles. The van der Waals surface area contributed by atoms with E-state index in [1.165, 1.54) is 55.1 Å². The molecule has 9 nitrogen and oxygen atoms in total. The van der Waals surface area contributed by atoms with Crippen LogP contribution in [0, 0.1) is 13.8 Å². The lowest BCUT2D eigenvalue weighted by atomic mass is 10.2. The lowest BCUT2D eigenvalue weighted by Crippen LogP contribution is -2.38. The first-order chi connectivity index (χ1) is 15.0. The maximum atomic E-state index is 12.6. The van der Waals surface area contributed by atoms with Crippen LogP contribution in [0.3, 0.4) is 0 Å². The summed E-state index contributed by atoms with van der Waals surface area (Å²) in [5.41, 5.74) is 0.688. The molecule has 0 aliphatic heterocycles. The van der Waals surface area contributed by atoms with Gasteiger partial charge in [0, 0.05) is 20.2 Å². The Labute approximate surface area is 184 Å². The van der Waals surface area contributed by atoms with Crippen molar-refractivity contribution in [1.82, 2.24) is 9.13 Å². The van der Waals surface area contributed by atoms with Gasteiger partial charge in [-0.05, 0) is 55.3 Å². The molecule has 1 aromatic heterocycles. The smallest absolute Gasteiger partial charge is 0.339 e. The summed E-state index contributed by atoms with van der Waals surface area (Å²) < 4.78 is 37.7. The predicted molar refractivity (Wildman–Crippen MR) is 116 cm³/mol. The molecule has 3 rings (SSSR count). The molecule has 0 N–H and O–H groups in total. The van der Waals surface area contributed by atoms with Crippen LogP contribution < -0.4 is 15.4 Å². The van der Waals surface area contributed by atoms with E-state index in [9.17, 15) is 22.8 Å². The van der Waals surface area contributed by atoms with E-state index < -0.39 is 27.3 Å². The summed E-state index contributed by atoms with van der Waals surface area (Å²) in [6, 6.07) is 11.6. The molecule has 0 unspecified atom stereocenters. The number of aryl methyl sites for hydroxylation is 2. The summed E-state index contributed by atoms with van der Waals surface area (Å²) in [6.07, 6.45) is 0. The molecule has 0 fully saturated rings. The van der Waals surface area contributed by atoms with Crippen LogP contribution >= 0.6 is 0 Å². The quantitative estimate of drug-likeness (QED) is 0.409.